The molecule has 0 radical (unpaired) electrons. The van der Waals surface area contributed by atoms with Crippen LogP contribution >= 0.6 is 0 Å². The summed E-state index contributed by atoms with van der Waals surface area (Å²) in [4.78, 5) is 21.1. The van der Waals surface area contributed by atoms with Crippen LogP contribution < -0.4 is 22.3 Å². The van der Waals surface area contributed by atoms with Gasteiger partial charge in [-0.2, -0.15) is 10.2 Å². The first-order valence-corrected chi connectivity index (χ1v) is 8.71. The Morgan fingerprint density at radius 2 is 0.906 bits per heavy atom. The van der Waals surface area contributed by atoms with Gasteiger partial charge in [-0.1, -0.05) is 0 Å². The molecule has 0 spiro atoms. The Bertz CT molecular complexity index is 600. The second-order valence-electron chi connectivity index (χ2n) is 6.38. The Hall–Kier alpha value is -2.52. The molecule has 0 aliphatic heterocycles. The van der Waals surface area contributed by atoms with E-state index in [-0.39, 0.29) is 0 Å². The van der Waals surface area contributed by atoms with Crippen molar-refractivity contribution in [2.24, 2.45) is 21.7 Å². The number of carbonyl (C=O) groups is 2. The minimum atomic E-state index is -2.36. The lowest BCUT2D eigenvalue weighted by Gasteiger charge is -2.23. The van der Waals surface area contributed by atoms with Gasteiger partial charge in [0.05, 0.1) is 12.4 Å². The highest BCUT2D eigenvalue weighted by Crippen LogP contribution is 2.05. The number of hydrazone groups is 2. The fourth-order valence-corrected chi connectivity index (χ4v) is 1.82. The maximum atomic E-state index is 10.5. The number of aliphatic hydroxyl groups excluding tert-OH is 8. The molecule has 0 bridgehead atoms. The molecule has 0 saturated heterocycles. The number of carboxylic acid groups (broad SMARTS) is 2. The topological polar surface area (TPSA) is 337 Å². The van der Waals surface area contributed by atoms with Crippen molar-refractivity contribution in [3.8, 4) is 0 Å². The van der Waals surface area contributed by atoms with Gasteiger partial charge in [0, 0.05) is 0 Å². The minimum Gasteiger partial charge on any atom is -0.479 e. The Labute approximate surface area is 179 Å². The third-order valence-corrected chi connectivity index (χ3v) is 3.84. The summed E-state index contributed by atoms with van der Waals surface area (Å²) < 4.78 is 0. The number of aliphatic carboxylic acids is 2. The predicted molar refractivity (Wildman–Crippen MR) is 103 cm³/mol. The minimum absolute atomic E-state index is 0.619. The Balaban J connectivity index is 4.61. The van der Waals surface area contributed by atoms with Gasteiger partial charge in [-0.05, 0) is 0 Å². The highest BCUT2D eigenvalue weighted by molar-refractivity contribution is 5.73. The van der Waals surface area contributed by atoms with E-state index in [1.165, 1.54) is 0 Å². The average molecular weight is 472 g/mol. The Morgan fingerprint density at radius 1 is 0.625 bits per heavy atom. The van der Waals surface area contributed by atoms with Crippen molar-refractivity contribution in [2.75, 3.05) is 0 Å². The van der Waals surface area contributed by atoms with E-state index in [1.54, 1.807) is 0 Å². The van der Waals surface area contributed by atoms with Crippen molar-refractivity contribution in [1.82, 2.24) is 10.9 Å². The van der Waals surface area contributed by atoms with Crippen LogP contribution in [0.4, 0.5) is 0 Å². The fourth-order valence-electron chi connectivity index (χ4n) is 1.82. The number of hydrogen-bond acceptors (Lipinski definition) is 16. The standard InChI is InChI=1S/C14H28N6O12/c15-11(19-17-1-3(21)5(23)7(25)9(27)13(29)30)12(16)20-18-2-4(22)6(24)8(26)10(28)14(31)32/h1-12,19-28H,15-16H2,(H,29,30)(H,31,32). The molecule has 0 aliphatic rings. The maximum absolute atomic E-state index is 10.5. The van der Waals surface area contributed by atoms with Crippen molar-refractivity contribution in [3.05, 3.63) is 0 Å². The third-order valence-electron chi connectivity index (χ3n) is 3.84. The van der Waals surface area contributed by atoms with Crippen molar-refractivity contribution in [2.45, 2.75) is 61.2 Å². The molecule has 0 fully saturated rings. The number of aliphatic hydroxyl groups is 8. The van der Waals surface area contributed by atoms with E-state index in [0.29, 0.717) is 12.4 Å². The summed E-state index contributed by atoms with van der Waals surface area (Å²) in [5.41, 5.74) is 15.5. The molecule has 0 aromatic heterocycles. The lowest BCUT2D eigenvalue weighted by Crippen LogP contribution is -2.56. The van der Waals surface area contributed by atoms with Gasteiger partial charge in [0.2, 0.25) is 0 Å². The van der Waals surface area contributed by atoms with E-state index >= 15 is 0 Å². The first-order valence-electron chi connectivity index (χ1n) is 8.71. The second-order valence-corrected chi connectivity index (χ2v) is 6.38. The van der Waals surface area contributed by atoms with Crippen LogP contribution in [-0.4, -0.2) is 137 Å². The number of carboxylic acids is 2. The summed E-state index contributed by atoms with van der Waals surface area (Å²) in [5.74, 6) is -3.66. The molecule has 0 heterocycles. The fraction of sp³-hybridized carbons (Fsp3) is 0.714. The number of rotatable bonds is 15. The monoisotopic (exact) mass is 472 g/mol. The number of nitrogens with one attached hydrogen (secondary N) is 2. The molecule has 186 valence electrons. The molecule has 10 atom stereocenters. The van der Waals surface area contributed by atoms with Crippen molar-refractivity contribution >= 4 is 24.4 Å². The van der Waals surface area contributed by atoms with Gasteiger partial charge in [-0.3, -0.25) is 10.9 Å². The lowest BCUT2D eigenvalue weighted by molar-refractivity contribution is -0.161. The van der Waals surface area contributed by atoms with Gasteiger partial charge in [0.1, 0.15) is 49.0 Å². The maximum Gasteiger partial charge on any atom is 0.335 e. The normalized spacial score (nSPS) is 21.7. The molecular weight excluding hydrogens is 444 g/mol. The van der Waals surface area contributed by atoms with E-state index < -0.39 is 73.1 Å². The smallest absolute Gasteiger partial charge is 0.335 e. The molecule has 18 heteroatoms. The highest BCUT2D eigenvalue weighted by atomic mass is 16.4. The summed E-state index contributed by atoms with van der Waals surface area (Å²) in [6.07, 6.45) is -18.4. The van der Waals surface area contributed by atoms with Crippen LogP contribution in [0.25, 0.3) is 0 Å². The van der Waals surface area contributed by atoms with Crippen molar-refractivity contribution in [1.29, 1.82) is 0 Å². The van der Waals surface area contributed by atoms with Gasteiger partial charge in [0.25, 0.3) is 0 Å². The molecule has 0 amide bonds. The van der Waals surface area contributed by atoms with Crippen molar-refractivity contribution in [3.63, 3.8) is 0 Å². The van der Waals surface area contributed by atoms with E-state index in [2.05, 4.69) is 21.1 Å². The number of hydrogen-bond donors (Lipinski definition) is 14. The summed E-state index contributed by atoms with van der Waals surface area (Å²) >= 11 is 0. The van der Waals surface area contributed by atoms with Gasteiger partial charge >= 0.3 is 11.9 Å². The van der Waals surface area contributed by atoms with E-state index in [1.807, 2.05) is 0 Å². The van der Waals surface area contributed by atoms with Crippen LogP contribution in [0.1, 0.15) is 0 Å². The van der Waals surface area contributed by atoms with E-state index in [0.717, 1.165) is 0 Å². The molecule has 18 nitrogen and oxygen atoms in total. The van der Waals surface area contributed by atoms with Crippen LogP contribution in [0.2, 0.25) is 0 Å². The van der Waals surface area contributed by atoms with E-state index in [4.69, 9.17) is 31.9 Å². The zero-order valence-electron chi connectivity index (χ0n) is 16.3. The quantitative estimate of drug-likeness (QED) is 0.0597. The van der Waals surface area contributed by atoms with Crippen LogP contribution in [-0.2, 0) is 9.59 Å². The number of nitrogens with two attached hydrogens (primary N) is 2. The Morgan fingerprint density at radius 3 is 1.16 bits per heavy atom. The summed E-state index contributed by atoms with van der Waals surface area (Å²) in [7, 11) is 0. The first kappa shape index (κ1) is 29.5. The predicted octanol–water partition coefficient (Wildman–Crippen LogP) is -8.24. The molecule has 0 aromatic rings. The highest BCUT2D eigenvalue weighted by Gasteiger charge is 2.34. The molecule has 0 aliphatic carbocycles. The van der Waals surface area contributed by atoms with E-state index in [9.17, 15) is 40.2 Å². The largest absolute Gasteiger partial charge is 0.479 e. The molecule has 0 saturated carbocycles. The van der Waals surface area contributed by atoms with Gasteiger partial charge < -0.3 is 62.5 Å². The molecular formula is C14H28N6O12. The van der Waals surface area contributed by atoms with Crippen LogP contribution in [0.3, 0.4) is 0 Å². The van der Waals surface area contributed by atoms with Crippen LogP contribution in [0.15, 0.2) is 10.2 Å². The summed E-state index contributed by atoms with van der Waals surface area (Å²) in [6, 6.07) is 0. The molecule has 32 heavy (non-hydrogen) atoms. The molecule has 10 unspecified atom stereocenters. The summed E-state index contributed by atoms with van der Waals surface area (Å²) in [5, 5.41) is 99.2. The molecule has 16 N–H and O–H groups in total. The van der Waals surface area contributed by atoms with Gasteiger partial charge in [0.15, 0.2) is 12.2 Å². The van der Waals surface area contributed by atoms with Crippen LogP contribution in [0.5, 0.6) is 0 Å². The van der Waals surface area contributed by atoms with Gasteiger partial charge in [-0.15, -0.1) is 0 Å². The Kier molecular flexibility index (Phi) is 12.7. The van der Waals surface area contributed by atoms with Gasteiger partial charge in [-0.25, -0.2) is 9.59 Å². The summed E-state index contributed by atoms with van der Waals surface area (Å²) in [6.45, 7) is 0. The first-order chi connectivity index (χ1) is 14.7. The lowest BCUT2D eigenvalue weighted by atomic mass is 10.0. The SMILES string of the molecule is NC(NN=CC(O)C(O)C(O)C(O)C(=O)O)C(N)NN=CC(O)C(O)C(O)C(O)C(=O)O. The molecule has 0 aromatic carbocycles. The molecule has 0 rings (SSSR count). The zero-order chi connectivity index (χ0) is 25.2. The third kappa shape index (κ3) is 9.32. The average Bonchev–Trinajstić information content (AvgIpc) is 2.74. The van der Waals surface area contributed by atoms with Crippen LogP contribution in [0, 0.1) is 0 Å². The zero-order valence-corrected chi connectivity index (χ0v) is 16.3. The van der Waals surface area contributed by atoms with Crippen molar-refractivity contribution < 1.29 is 60.7 Å². The number of nitrogens with zero attached hydrogens (tertiary/aromatic N) is 2. The second kappa shape index (κ2) is 13.8.